The van der Waals surface area contributed by atoms with Gasteiger partial charge in [0.15, 0.2) is 0 Å². The number of nitrogens with one attached hydrogen (secondary N) is 1. The van der Waals surface area contributed by atoms with Crippen molar-refractivity contribution in [3.63, 3.8) is 0 Å². The van der Waals surface area contributed by atoms with Gasteiger partial charge in [-0.1, -0.05) is 41.4 Å². The molecule has 0 saturated heterocycles. The van der Waals surface area contributed by atoms with Crippen molar-refractivity contribution >= 4 is 40.1 Å². The Balaban J connectivity index is 1.58. The van der Waals surface area contributed by atoms with Crippen LogP contribution < -0.4 is 5.56 Å². The smallest absolute Gasteiger partial charge is 0.306 e. The monoisotopic (exact) mass is 376 g/mol. The van der Waals surface area contributed by atoms with Gasteiger partial charge in [0.05, 0.1) is 27.4 Å². The first-order valence-corrected chi connectivity index (χ1v) is 8.36. The highest BCUT2D eigenvalue weighted by Gasteiger charge is 2.08. The van der Waals surface area contributed by atoms with Gasteiger partial charge in [0.1, 0.15) is 12.4 Å². The zero-order chi connectivity index (χ0) is 17.8. The molecule has 0 spiro atoms. The van der Waals surface area contributed by atoms with Crippen molar-refractivity contribution in [1.29, 1.82) is 0 Å². The normalized spacial score (nSPS) is 10.8. The molecule has 0 aliphatic rings. The van der Waals surface area contributed by atoms with Crippen LogP contribution in [0.5, 0.6) is 0 Å². The van der Waals surface area contributed by atoms with E-state index in [0.29, 0.717) is 33.2 Å². The van der Waals surface area contributed by atoms with Crippen LogP contribution in [0.3, 0.4) is 0 Å². The SMILES string of the molecule is O=C(CCc1nc2ccccc2c(=O)[nH]1)OCc1ccc(Cl)c(Cl)c1. The number of hydrogen-bond acceptors (Lipinski definition) is 4. The third-order valence-corrected chi connectivity index (χ3v) is 4.35. The molecule has 0 aliphatic carbocycles. The number of H-pyrrole nitrogens is 1. The van der Waals surface area contributed by atoms with Gasteiger partial charge >= 0.3 is 5.97 Å². The molecule has 1 aromatic heterocycles. The fourth-order valence-electron chi connectivity index (χ4n) is 2.34. The van der Waals surface area contributed by atoms with Gasteiger partial charge in [-0.05, 0) is 29.8 Å². The van der Waals surface area contributed by atoms with Crippen molar-refractivity contribution in [2.45, 2.75) is 19.4 Å². The first-order chi connectivity index (χ1) is 12.0. The summed E-state index contributed by atoms with van der Waals surface area (Å²) in [6, 6.07) is 12.1. The number of carbonyl (C=O) groups is 1. The van der Waals surface area contributed by atoms with E-state index in [1.54, 1.807) is 36.4 Å². The number of rotatable bonds is 5. The van der Waals surface area contributed by atoms with E-state index in [4.69, 9.17) is 27.9 Å². The second kappa shape index (κ2) is 7.68. The lowest BCUT2D eigenvalue weighted by molar-refractivity contribution is -0.144. The van der Waals surface area contributed by atoms with E-state index in [0.717, 1.165) is 5.56 Å². The fourth-order valence-corrected chi connectivity index (χ4v) is 2.66. The minimum absolute atomic E-state index is 0.109. The summed E-state index contributed by atoms with van der Waals surface area (Å²) in [5.41, 5.74) is 1.13. The van der Waals surface area contributed by atoms with Crippen molar-refractivity contribution in [2.24, 2.45) is 0 Å². The molecule has 5 nitrogen and oxygen atoms in total. The molecule has 0 aliphatic heterocycles. The van der Waals surface area contributed by atoms with E-state index in [1.165, 1.54) is 0 Å². The number of halogens is 2. The van der Waals surface area contributed by atoms with E-state index in [9.17, 15) is 9.59 Å². The topological polar surface area (TPSA) is 72.0 Å². The second-order valence-electron chi connectivity index (χ2n) is 5.44. The van der Waals surface area contributed by atoms with Gasteiger partial charge in [-0.3, -0.25) is 9.59 Å². The molecule has 0 fully saturated rings. The minimum Gasteiger partial charge on any atom is -0.461 e. The first-order valence-electron chi connectivity index (χ1n) is 7.60. The predicted molar refractivity (Wildman–Crippen MR) is 96.9 cm³/mol. The van der Waals surface area contributed by atoms with Crippen LogP contribution >= 0.6 is 23.2 Å². The van der Waals surface area contributed by atoms with Crippen LogP contribution in [0, 0.1) is 0 Å². The summed E-state index contributed by atoms with van der Waals surface area (Å²) in [7, 11) is 0. The second-order valence-corrected chi connectivity index (χ2v) is 6.25. The summed E-state index contributed by atoms with van der Waals surface area (Å²) in [4.78, 5) is 30.9. The molecule has 0 radical (unpaired) electrons. The van der Waals surface area contributed by atoms with E-state index >= 15 is 0 Å². The minimum atomic E-state index is -0.387. The van der Waals surface area contributed by atoms with Gasteiger partial charge in [0, 0.05) is 6.42 Å². The molecular formula is C18H14Cl2N2O3. The number of carbonyl (C=O) groups excluding carboxylic acids is 1. The molecule has 0 bridgehead atoms. The van der Waals surface area contributed by atoms with Gasteiger partial charge < -0.3 is 9.72 Å². The lowest BCUT2D eigenvalue weighted by Gasteiger charge is -2.06. The number of nitrogens with zero attached hydrogens (tertiary/aromatic N) is 1. The van der Waals surface area contributed by atoms with E-state index < -0.39 is 0 Å². The Kier molecular flexibility index (Phi) is 5.36. The maximum Gasteiger partial charge on any atom is 0.306 e. The van der Waals surface area contributed by atoms with Crippen molar-refractivity contribution in [3.8, 4) is 0 Å². The van der Waals surface area contributed by atoms with Crippen LogP contribution in [0.4, 0.5) is 0 Å². The molecule has 128 valence electrons. The highest BCUT2D eigenvalue weighted by molar-refractivity contribution is 6.42. The Morgan fingerprint density at radius 2 is 1.92 bits per heavy atom. The quantitative estimate of drug-likeness (QED) is 0.685. The van der Waals surface area contributed by atoms with Gasteiger partial charge in [-0.25, -0.2) is 4.98 Å². The zero-order valence-electron chi connectivity index (χ0n) is 13.1. The zero-order valence-corrected chi connectivity index (χ0v) is 14.6. The Bertz CT molecular complexity index is 985. The average Bonchev–Trinajstić information content (AvgIpc) is 2.61. The fraction of sp³-hybridized carbons (Fsp3) is 0.167. The highest BCUT2D eigenvalue weighted by Crippen LogP contribution is 2.22. The summed E-state index contributed by atoms with van der Waals surface area (Å²) in [5.74, 6) is 0.0667. The number of aryl methyl sites for hydroxylation is 1. The number of fused-ring (bicyclic) bond motifs is 1. The number of para-hydroxylation sites is 1. The van der Waals surface area contributed by atoms with Crippen molar-refractivity contribution in [1.82, 2.24) is 9.97 Å². The Morgan fingerprint density at radius 3 is 2.72 bits per heavy atom. The van der Waals surface area contributed by atoms with Crippen LogP contribution in [0.2, 0.25) is 10.0 Å². The molecule has 0 unspecified atom stereocenters. The molecular weight excluding hydrogens is 363 g/mol. The van der Waals surface area contributed by atoms with Gasteiger partial charge in [-0.2, -0.15) is 0 Å². The summed E-state index contributed by atoms with van der Waals surface area (Å²) in [6.07, 6.45) is 0.406. The van der Waals surface area contributed by atoms with Crippen LogP contribution in [-0.4, -0.2) is 15.9 Å². The van der Waals surface area contributed by atoms with Crippen LogP contribution in [0.1, 0.15) is 17.8 Å². The third kappa shape index (κ3) is 4.38. The maximum atomic E-state index is 12.0. The van der Waals surface area contributed by atoms with Gasteiger partial charge in [0.2, 0.25) is 0 Å². The maximum absolute atomic E-state index is 12.0. The Morgan fingerprint density at radius 1 is 1.12 bits per heavy atom. The Labute approximate surface area is 153 Å². The van der Waals surface area contributed by atoms with Crippen molar-refractivity contribution < 1.29 is 9.53 Å². The van der Waals surface area contributed by atoms with Gasteiger partial charge in [0.25, 0.3) is 5.56 Å². The van der Waals surface area contributed by atoms with E-state index in [1.807, 2.05) is 6.07 Å². The van der Waals surface area contributed by atoms with E-state index in [-0.39, 0.29) is 24.6 Å². The van der Waals surface area contributed by atoms with Crippen LogP contribution in [0.15, 0.2) is 47.3 Å². The molecule has 0 saturated carbocycles. The average molecular weight is 377 g/mol. The molecule has 2 aromatic carbocycles. The van der Waals surface area contributed by atoms with Crippen LogP contribution in [-0.2, 0) is 22.6 Å². The molecule has 1 heterocycles. The highest BCUT2D eigenvalue weighted by atomic mass is 35.5. The van der Waals surface area contributed by atoms with Crippen molar-refractivity contribution in [2.75, 3.05) is 0 Å². The first kappa shape index (κ1) is 17.5. The third-order valence-electron chi connectivity index (χ3n) is 3.61. The molecule has 25 heavy (non-hydrogen) atoms. The summed E-state index contributed by atoms with van der Waals surface area (Å²) >= 11 is 11.8. The number of benzene rings is 2. The number of esters is 1. The number of ether oxygens (including phenoxy) is 1. The van der Waals surface area contributed by atoms with Crippen LogP contribution in [0.25, 0.3) is 10.9 Å². The molecule has 1 N–H and O–H groups in total. The molecule has 3 rings (SSSR count). The lowest BCUT2D eigenvalue weighted by atomic mass is 10.2. The summed E-state index contributed by atoms with van der Waals surface area (Å²) < 4.78 is 5.20. The predicted octanol–water partition coefficient (Wildman–Crippen LogP) is 3.91. The molecule has 3 aromatic rings. The molecule has 0 atom stereocenters. The van der Waals surface area contributed by atoms with Crippen molar-refractivity contribution in [3.05, 3.63) is 74.3 Å². The Hall–Kier alpha value is -2.37. The lowest BCUT2D eigenvalue weighted by Crippen LogP contribution is -2.13. The largest absolute Gasteiger partial charge is 0.461 e. The number of hydrogen-bond donors (Lipinski definition) is 1. The number of aromatic amines is 1. The summed E-state index contributed by atoms with van der Waals surface area (Å²) in [6.45, 7) is 0.109. The standard InChI is InChI=1S/C18H14Cl2N2O3/c19-13-6-5-11(9-14(13)20)10-25-17(23)8-7-16-21-15-4-2-1-3-12(15)18(24)22-16/h1-6,9H,7-8,10H2,(H,21,22,24). The van der Waals surface area contributed by atoms with E-state index in [2.05, 4.69) is 9.97 Å². The molecule has 7 heteroatoms. The molecule has 0 amide bonds. The van der Waals surface area contributed by atoms with Gasteiger partial charge in [-0.15, -0.1) is 0 Å². The summed E-state index contributed by atoms with van der Waals surface area (Å²) in [5, 5.41) is 1.38. The number of aromatic nitrogens is 2.